The third-order valence-electron chi connectivity index (χ3n) is 2.48. The van der Waals surface area contributed by atoms with Crippen LogP contribution in [0.15, 0.2) is 12.3 Å². The molecule has 2 rings (SSSR count). The monoisotopic (exact) mass is 296 g/mol. The zero-order valence-corrected chi connectivity index (χ0v) is 13.1. The van der Waals surface area contributed by atoms with E-state index in [0.717, 1.165) is 16.6 Å². The van der Waals surface area contributed by atoms with Gasteiger partial charge in [-0.1, -0.05) is 32.4 Å². The van der Waals surface area contributed by atoms with Crippen LogP contribution < -0.4 is 5.32 Å². The van der Waals surface area contributed by atoms with E-state index in [2.05, 4.69) is 41.0 Å². The van der Waals surface area contributed by atoms with Gasteiger partial charge in [-0.15, -0.1) is 11.3 Å². The molecule has 0 amide bonds. The molecule has 2 heterocycles. The summed E-state index contributed by atoms with van der Waals surface area (Å²) in [5.41, 5.74) is -0.123. The first-order chi connectivity index (χ1) is 8.84. The van der Waals surface area contributed by atoms with Gasteiger partial charge in [0.05, 0.1) is 11.6 Å². The number of rotatable bonds is 3. The lowest BCUT2D eigenvalue weighted by Gasteiger charge is -2.17. The third kappa shape index (κ3) is 3.88. The zero-order valence-electron chi connectivity index (χ0n) is 11.5. The van der Waals surface area contributed by atoms with Crippen LogP contribution in [-0.2, 0) is 12.0 Å². The fourth-order valence-electron chi connectivity index (χ4n) is 1.51. The Morgan fingerprint density at radius 2 is 2.05 bits per heavy atom. The number of aromatic nitrogens is 3. The van der Waals surface area contributed by atoms with Gasteiger partial charge in [-0.2, -0.15) is 0 Å². The van der Waals surface area contributed by atoms with Crippen molar-refractivity contribution in [2.45, 2.75) is 39.7 Å². The number of anilines is 1. The predicted octanol–water partition coefficient (Wildman–Crippen LogP) is 3.80. The minimum atomic E-state index is -0.123. The second-order valence-electron chi connectivity index (χ2n) is 5.35. The van der Waals surface area contributed by atoms with Crippen molar-refractivity contribution in [2.75, 3.05) is 5.32 Å². The van der Waals surface area contributed by atoms with E-state index in [1.54, 1.807) is 17.4 Å². The fraction of sp³-hybridized carbons (Fsp3) is 0.462. The van der Waals surface area contributed by atoms with Crippen LogP contribution in [0, 0.1) is 6.92 Å². The van der Waals surface area contributed by atoms with Crippen LogP contribution >= 0.6 is 22.9 Å². The van der Waals surface area contributed by atoms with E-state index in [0.29, 0.717) is 11.7 Å². The third-order valence-corrected chi connectivity index (χ3v) is 3.58. The molecule has 0 aliphatic carbocycles. The molecule has 0 fully saturated rings. The fourth-order valence-corrected chi connectivity index (χ4v) is 2.43. The maximum Gasteiger partial charge on any atom is 0.137 e. The van der Waals surface area contributed by atoms with Crippen molar-refractivity contribution in [1.82, 2.24) is 15.0 Å². The van der Waals surface area contributed by atoms with Crippen LogP contribution in [-0.4, -0.2) is 15.0 Å². The second kappa shape index (κ2) is 5.43. The Kier molecular flexibility index (Phi) is 4.06. The van der Waals surface area contributed by atoms with Crippen LogP contribution in [0.5, 0.6) is 0 Å². The Morgan fingerprint density at radius 3 is 2.63 bits per heavy atom. The van der Waals surface area contributed by atoms with Crippen LogP contribution in [0.4, 0.5) is 5.82 Å². The average molecular weight is 297 g/mol. The van der Waals surface area contributed by atoms with Crippen molar-refractivity contribution in [2.24, 2.45) is 0 Å². The van der Waals surface area contributed by atoms with Crippen molar-refractivity contribution >= 4 is 28.8 Å². The van der Waals surface area contributed by atoms with E-state index < -0.39 is 0 Å². The first-order valence-electron chi connectivity index (χ1n) is 6.05. The van der Waals surface area contributed by atoms with Gasteiger partial charge in [0.2, 0.25) is 0 Å². The highest BCUT2D eigenvalue weighted by Crippen LogP contribution is 2.22. The van der Waals surface area contributed by atoms with Crippen LogP contribution in [0.25, 0.3) is 0 Å². The molecule has 2 aromatic heterocycles. The Morgan fingerprint density at radius 1 is 1.32 bits per heavy atom. The quantitative estimate of drug-likeness (QED) is 0.875. The number of aryl methyl sites for hydroxylation is 1. The molecule has 2 aromatic rings. The molecule has 102 valence electrons. The van der Waals surface area contributed by atoms with Crippen molar-refractivity contribution < 1.29 is 0 Å². The molecule has 4 nitrogen and oxygen atoms in total. The summed E-state index contributed by atoms with van der Waals surface area (Å²) in [6, 6.07) is 1.74. The van der Waals surface area contributed by atoms with Crippen molar-refractivity contribution in [3.8, 4) is 0 Å². The normalized spacial score (nSPS) is 11.6. The molecule has 0 bridgehead atoms. The lowest BCUT2D eigenvalue weighted by atomic mass is 9.96. The molecule has 0 unspecified atom stereocenters. The second-order valence-corrected chi connectivity index (χ2v) is 7.06. The Bertz CT molecular complexity index is 574. The minimum Gasteiger partial charge on any atom is -0.365 e. The lowest BCUT2D eigenvalue weighted by Crippen LogP contribution is -2.17. The molecule has 0 atom stereocenters. The molecular formula is C13H17ClN4S. The number of hydrogen-bond donors (Lipinski definition) is 1. The Balaban J connectivity index is 2.14. The Hall–Kier alpha value is -1.20. The topological polar surface area (TPSA) is 50.7 Å². The van der Waals surface area contributed by atoms with Crippen molar-refractivity contribution in [1.29, 1.82) is 0 Å². The van der Waals surface area contributed by atoms with Gasteiger partial charge in [0.1, 0.15) is 16.8 Å². The first-order valence-corrected chi connectivity index (χ1v) is 7.24. The van der Waals surface area contributed by atoms with Gasteiger partial charge >= 0.3 is 0 Å². The predicted molar refractivity (Wildman–Crippen MR) is 79.9 cm³/mol. The molecule has 19 heavy (non-hydrogen) atoms. The summed E-state index contributed by atoms with van der Waals surface area (Å²) in [6.07, 6.45) is 1.88. The summed E-state index contributed by atoms with van der Waals surface area (Å²) >= 11 is 7.71. The van der Waals surface area contributed by atoms with Gasteiger partial charge < -0.3 is 5.32 Å². The zero-order chi connectivity index (χ0) is 14.0. The van der Waals surface area contributed by atoms with E-state index in [9.17, 15) is 0 Å². The highest BCUT2D eigenvalue weighted by Gasteiger charge is 2.18. The van der Waals surface area contributed by atoms with Crippen LogP contribution in [0.3, 0.4) is 0 Å². The highest BCUT2D eigenvalue weighted by atomic mass is 35.5. The van der Waals surface area contributed by atoms with Crippen molar-refractivity contribution in [3.05, 3.63) is 33.1 Å². The molecule has 0 aliphatic rings. The molecule has 0 radical (unpaired) electrons. The van der Waals surface area contributed by atoms with E-state index in [1.165, 1.54) is 4.88 Å². The summed E-state index contributed by atoms with van der Waals surface area (Å²) in [4.78, 5) is 14.2. The summed E-state index contributed by atoms with van der Waals surface area (Å²) < 4.78 is 0. The maximum atomic E-state index is 6.04. The summed E-state index contributed by atoms with van der Waals surface area (Å²) in [6.45, 7) is 8.88. The minimum absolute atomic E-state index is 0.123. The molecule has 0 aromatic carbocycles. The van der Waals surface area contributed by atoms with E-state index in [-0.39, 0.29) is 5.41 Å². The van der Waals surface area contributed by atoms with E-state index in [1.807, 2.05) is 13.1 Å². The molecular weight excluding hydrogens is 280 g/mol. The van der Waals surface area contributed by atoms with Crippen molar-refractivity contribution in [3.63, 3.8) is 0 Å². The molecule has 0 spiro atoms. The van der Waals surface area contributed by atoms with Gasteiger partial charge in [0, 0.05) is 22.6 Å². The van der Waals surface area contributed by atoms with E-state index in [4.69, 9.17) is 11.6 Å². The standard InChI is InChI=1S/C13H17ClN4S/c1-8-15-6-9(19-8)7-16-11-5-10(14)17-12(18-11)13(2,3)4/h5-6H,7H2,1-4H3,(H,16,17,18). The number of nitrogens with zero attached hydrogens (tertiary/aromatic N) is 3. The van der Waals surface area contributed by atoms with Gasteiger partial charge in [-0.05, 0) is 6.92 Å². The van der Waals surface area contributed by atoms with Crippen LogP contribution in [0.1, 0.15) is 36.5 Å². The number of nitrogens with one attached hydrogen (secondary N) is 1. The summed E-state index contributed by atoms with van der Waals surface area (Å²) in [7, 11) is 0. The highest BCUT2D eigenvalue weighted by molar-refractivity contribution is 7.11. The van der Waals surface area contributed by atoms with Gasteiger partial charge in [0.15, 0.2) is 0 Å². The van der Waals surface area contributed by atoms with Gasteiger partial charge in [-0.25, -0.2) is 15.0 Å². The first kappa shape index (κ1) is 14.2. The molecule has 1 N–H and O–H groups in total. The summed E-state index contributed by atoms with van der Waals surface area (Å²) in [5, 5.41) is 4.79. The Labute approximate surface area is 122 Å². The van der Waals surface area contributed by atoms with Crippen LogP contribution in [0.2, 0.25) is 5.15 Å². The average Bonchev–Trinajstić information content (AvgIpc) is 2.71. The van der Waals surface area contributed by atoms with E-state index >= 15 is 0 Å². The molecule has 0 aliphatic heterocycles. The summed E-state index contributed by atoms with van der Waals surface area (Å²) in [5.74, 6) is 1.49. The number of halogens is 1. The SMILES string of the molecule is Cc1ncc(CNc2cc(Cl)nc(C(C)(C)C)n2)s1. The van der Waals surface area contributed by atoms with Gasteiger partial charge in [0.25, 0.3) is 0 Å². The largest absolute Gasteiger partial charge is 0.365 e. The molecule has 6 heteroatoms. The van der Waals surface area contributed by atoms with Gasteiger partial charge in [-0.3, -0.25) is 0 Å². The lowest BCUT2D eigenvalue weighted by molar-refractivity contribution is 0.546. The molecule has 0 saturated heterocycles. The maximum absolute atomic E-state index is 6.04. The number of thiazole rings is 1. The number of hydrogen-bond acceptors (Lipinski definition) is 5. The smallest absolute Gasteiger partial charge is 0.137 e. The molecule has 0 saturated carbocycles.